The minimum Gasteiger partial charge on any atom is -0.292 e. The highest BCUT2D eigenvalue weighted by Gasteiger charge is 2.30. The molecule has 7 aromatic rings. The van der Waals surface area contributed by atoms with Crippen molar-refractivity contribution in [3.05, 3.63) is 132 Å². The number of aromatic nitrogens is 2. The van der Waals surface area contributed by atoms with Gasteiger partial charge in [0.05, 0.1) is 16.7 Å². The molecule has 43 heavy (non-hydrogen) atoms. The Kier molecular flexibility index (Phi) is 6.29. The molecule has 7 rings (SSSR count). The molecule has 212 valence electrons. The van der Waals surface area contributed by atoms with Gasteiger partial charge in [0.15, 0.2) is 0 Å². The molecule has 0 spiro atoms. The first-order valence-electron chi connectivity index (χ1n) is 15.2. The van der Waals surface area contributed by atoms with Crippen molar-refractivity contribution in [2.24, 2.45) is 0 Å². The quantitative estimate of drug-likeness (QED) is 0.197. The third-order valence-electron chi connectivity index (χ3n) is 8.62. The molecule has 6 aromatic carbocycles. The molecule has 1 heterocycles. The van der Waals surface area contributed by atoms with Crippen LogP contribution >= 0.6 is 0 Å². The highest BCUT2D eigenvalue weighted by molar-refractivity contribution is 6.08. The number of fused-ring (bicyclic) bond motifs is 4. The third kappa shape index (κ3) is 4.72. The van der Waals surface area contributed by atoms with E-state index in [-0.39, 0.29) is 10.8 Å². The molecule has 0 saturated heterocycles. The van der Waals surface area contributed by atoms with E-state index in [2.05, 4.69) is 167 Å². The Labute approximate surface area is 254 Å². The highest BCUT2D eigenvalue weighted by Crippen LogP contribution is 2.43. The van der Waals surface area contributed by atoms with Crippen molar-refractivity contribution >= 4 is 32.6 Å². The molecule has 0 aliphatic rings. The minimum atomic E-state index is -0.109. The SMILES string of the molecule is CC(C)(C)c1cc(-c2ccccc2)cc(C(C)(C)C)c1-n1c(-c2ccc3ccc4ccccc4c3c2)nc2ccccc21. The van der Waals surface area contributed by atoms with Crippen molar-refractivity contribution in [1.29, 1.82) is 0 Å². The maximum absolute atomic E-state index is 5.34. The number of nitrogens with zero attached hydrogens (tertiary/aromatic N) is 2. The lowest BCUT2D eigenvalue weighted by molar-refractivity contribution is 0.563. The first kappa shape index (κ1) is 27.2. The van der Waals surface area contributed by atoms with Gasteiger partial charge < -0.3 is 0 Å². The predicted molar refractivity (Wildman–Crippen MR) is 184 cm³/mol. The molecule has 0 aliphatic heterocycles. The number of imidazole rings is 1. The van der Waals surface area contributed by atoms with Crippen LogP contribution in [0, 0.1) is 0 Å². The number of para-hydroxylation sites is 2. The van der Waals surface area contributed by atoms with E-state index in [1.54, 1.807) is 0 Å². The molecular formula is C41H38N2. The molecule has 0 amide bonds. The molecular weight excluding hydrogens is 520 g/mol. The number of benzene rings is 6. The van der Waals surface area contributed by atoms with Crippen molar-refractivity contribution in [3.63, 3.8) is 0 Å². The van der Waals surface area contributed by atoms with Crippen molar-refractivity contribution in [3.8, 4) is 28.2 Å². The average Bonchev–Trinajstić information content (AvgIpc) is 3.39. The van der Waals surface area contributed by atoms with Crippen LogP contribution in [0.5, 0.6) is 0 Å². The van der Waals surface area contributed by atoms with Crippen LogP contribution in [0.15, 0.2) is 121 Å². The first-order chi connectivity index (χ1) is 20.6. The van der Waals surface area contributed by atoms with Gasteiger partial charge in [0.25, 0.3) is 0 Å². The lowest BCUT2D eigenvalue weighted by Gasteiger charge is -2.32. The van der Waals surface area contributed by atoms with Gasteiger partial charge in [-0.1, -0.05) is 133 Å². The second-order valence-corrected chi connectivity index (χ2v) is 13.8. The zero-order valence-electron chi connectivity index (χ0n) is 25.9. The normalized spacial score (nSPS) is 12.4. The molecule has 0 unspecified atom stereocenters. The van der Waals surface area contributed by atoms with Crippen LogP contribution < -0.4 is 0 Å². The van der Waals surface area contributed by atoms with Gasteiger partial charge in [-0.2, -0.15) is 0 Å². The zero-order valence-corrected chi connectivity index (χ0v) is 25.9. The van der Waals surface area contributed by atoms with Crippen molar-refractivity contribution < 1.29 is 0 Å². The minimum absolute atomic E-state index is 0.109. The molecule has 2 heteroatoms. The average molecular weight is 559 g/mol. The fourth-order valence-electron chi connectivity index (χ4n) is 6.40. The van der Waals surface area contributed by atoms with E-state index in [1.165, 1.54) is 49.5 Å². The Morgan fingerprint density at radius 3 is 1.77 bits per heavy atom. The lowest BCUT2D eigenvalue weighted by atomic mass is 9.76. The van der Waals surface area contributed by atoms with E-state index in [0.717, 1.165) is 22.4 Å². The van der Waals surface area contributed by atoms with Crippen LogP contribution in [0.4, 0.5) is 0 Å². The van der Waals surface area contributed by atoms with Gasteiger partial charge >= 0.3 is 0 Å². The van der Waals surface area contributed by atoms with E-state index >= 15 is 0 Å². The Hall–Kier alpha value is -4.69. The summed E-state index contributed by atoms with van der Waals surface area (Å²) in [4.78, 5) is 5.34. The molecule has 0 N–H and O–H groups in total. The highest BCUT2D eigenvalue weighted by atomic mass is 15.1. The largest absolute Gasteiger partial charge is 0.292 e. The van der Waals surface area contributed by atoms with Gasteiger partial charge in [0.2, 0.25) is 0 Å². The maximum atomic E-state index is 5.34. The van der Waals surface area contributed by atoms with E-state index in [1.807, 2.05) is 0 Å². The lowest BCUT2D eigenvalue weighted by Crippen LogP contribution is -2.22. The van der Waals surface area contributed by atoms with E-state index in [4.69, 9.17) is 4.98 Å². The van der Waals surface area contributed by atoms with Crippen LogP contribution in [0.25, 0.3) is 60.8 Å². The van der Waals surface area contributed by atoms with E-state index in [0.29, 0.717) is 0 Å². The van der Waals surface area contributed by atoms with Gasteiger partial charge in [-0.05, 0) is 85.0 Å². The summed E-state index contributed by atoms with van der Waals surface area (Å²) in [6.07, 6.45) is 0. The standard InChI is InChI=1S/C41H38N2/c1-40(2,3)34-25-31(27-14-8-7-9-15-27)26-35(41(4,5)6)38(34)43-37-19-13-12-18-36(37)42-39(43)30-23-22-29-21-20-28-16-10-11-17-32(28)33(29)24-30/h7-26H,1-6H3. The Morgan fingerprint density at radius 2 is 1.07 bits per heavy atom. The van der Waals surface area contributed by atoms with Gasteiger partial charge in [-0.25, -0.2) is 4.98 Å². The molecule has 2 nitrogen and oxygen atoms in total. The van der Waals surface area contributed by atoms with Gasteiger partial charge in [-0.15, -0.1) is 0 Å². The van der Waals surface area contributed by atoms with Gasteiger partial charge in [0.1, 0.15) is 5.82 Å². The maximum Gasteiger partial charge on any atom is 0.145 e. The monoisotopic (exact) mass is 558 g/mol. The Bertz CT molecular complexity index is 2100. The second kappa shape index (κ2) is 9.95. The second-order valence-electron chi connectivity index (χ2n) is 13.8. The van der Waals surface area contributed by atoms with Crippen LogP contribution in [-0.2, 0) is 10.8 Å². The van der Waals surface area contributed by atoms with E-state index < -0.39 is 0 Å². The topological polar surface area (TPSA) is 17.8 Å². The predicted octanol–water partition coefficient (Wildman–Crippen LogP) is 11.3. The van der Waals surface area contributed by atoms with Crippen LogP contribution in [0.1, 0.15) is 52.7 Å². The van der Waals surface area contributed by atoms with Crippen molar-refractivity contribution in [1.82, 2.24) is 9.55 Å². The summed E-state index contributed by atoms with van der Waals surface area (Å²) < 4.78 is 2.44. The van der Waals surface area contributed by atoms with Crippen LogP contribution in [0.2, 0.25) is 0 Å². The zero-order chi connectivity index (χ0) is 29.9. The summed E-state index contributed by atoms with van der Waals surface area (Å²) in [5.74, 6) is 0.972. The Morgan fingerprint density at radius 1 is 0.488 bits per heavy atom. The summed E-state index contributed by atoms with van der Waals surface area (Å²) in [6, 6.07) is 44.1. The summed E-state index contributed by atoms with van der Waals surface area (Å²) in [6.45, 7) is 14.0. The molecule has 0 radical (unpaired) electrons. The third-order valence-corrected chi connectivity index (χ3v) is 8.62. The summed E-state index contributed by atoms with van der Waals surface area (Å²) in [5.41, 5.74) is 9.38. The molecule has 1 aromatic heterocycles. The number of hydrogen-bond acceptors (Lipinski definition) is 1. The van der Waals surface area contributed by atoms with E-state index in [9.17, 15) is 0 Å². The first-order valence-corrected chi connectivity index (χ1v) is 15.2. The van der Waals surface area contributed by atoms with Gasteiger partial charge in [-0.3, -0.25) is 4.57 Å². The van der Waals surface area contributed by atoms with Crippen LogP contribution in [-0.4, -0.2) is 9.55 Å². The van der Waals surface area contributed by atoms with Crippen molar-refractivity contribution in [2.45, 2.75) is 52.4 Å². The number of hydrogen-bond donors (Lipinski definition) is 0. The number of rotatable bonds is 3. The fourth-order valence-corrected chi connectivity index (χ4v) is 6.40. The smallest absolute Gasteiger partial charge is 0.145 e. The summed E-state index contributed by atoms with van der Waals surface area (Å²) in [5, 5.41) is 5.01. The molecule has 0 bridgehead atoms. The molecule has 0 saturated carbocycles. The summed E-state index contributed by atoms with van der Waals surface area (Å²) >= 11 is 0. The van der Waals surface area contributed by atoms with Crippen LogP contribution in [0.3, 0.4) is 0 Å². The fraction of sp³-hybridized carbons (Fsp3) is 0.195. The molecule has 0 aliphatic carbocycles. The van der Waals surface area contributed by atoms with Crippen molar-refractivity contribution in [2.75, 3.05) is 0 Å². The van der Waals surface area contributed by atoms with Gasteiger partial charge in [0, 0.05) is 5.56 Å². The molecule has 0 atom stereocenters. The Balaban J connectivity index is 1.60. The summed E-state index contributed by atoms with van der Waals surface area (Å²) in [7, 11) is 0. The molecule has 0 fully saturated rings.